The van der Waals surface area contributed by atoms with Crippen LogP contribution < -0.4 is 5.32 Å². The van der Waals surface area contributed by atoms with E-state index in [4.69, 9.17) is 4.74 Å². The number of thiophene rings is 1. The maximum absolute atomic E-state index is 12.8. The molecule has 0 saturated heterocycles. The topological polar surface area (TPSA) is 109 Å². The van der Waals surface area contributed by atoms with Crippen molar-refractivity contribution in [2.75, 3.05) is 32.6 Å². The molecular weight excluding hydrogens is 414 g/mol. The first-order valence-corrected chi connectivity index (χ1v) is 11.0. The predicted molar refractivity (Wildman–Crippen MR) is 120 cm³/mol. The first-order valence-electron chi connectivity index (χ1n) is 10.2. The standard InChI is InChI=1S/C21H23N7O2S/c1-28(5-6-30-2)21(29)12-3-4-14-16(7-12)31-20-18(14)19(23-11-24-20)26-17-8-13-9-25-27-15(13)10-22-17/h8-12H,3-7H2,1-2H3,(H,25,27)(H,22,23,24,26). The van der Waals surface area contributed by atoms with Crippen LogP contribution in [0.2, 0.25) is 0 Å². The number of carbonyl (C=O) groups is 1. The van der Waals surface area contributed by atoms with Crippen LogP contribution in [0.3, 0.4) is 0 Å². The maximum Gasteiger partial charge on any atom is 0.225 e. The third-order valence-corrected chi connectivity index (χ3v) is 6.94. The van der Waals surface area contributed by atoms with Crippen molar-refractivity contribution in [3.63, 3.8) is 0 Å². The van der Waals surface area contributed by atoms with Crippen molar-refractivity contribution in [3.05, 3.63) is 35.2 Å². The fraction of sp³-hybridized carbons (Fsp3) is 0.381. The van der Waals surface area contributed by atoms with Crippen LogP contribution in [0.1, 0.15) is 16.9 Å². The van der Waals surface area contributed by atoms with Crippen LogP contribution in [0.25, 0.3) is 21.1 Å². The number of likely N-dealkylation sites (N-methyl/N-ethyl adjacent to an activating group) is 1. The van der Waals surface area contributed by atoms with E-state index in [9.17, 15) is 4.79 Å². The Labute approximate surface area is 182 Å². The molecule has 2 N–H and O–H groups in total. The van der Waals surface area contributed by atoms with Crippen molar-refractivity contribution in [1.82, 2.24) is 30.0 Å². The van der Waals surface area contributed by atoms with Gasteiger partial charge in [0.25, 0.3) is 0 Å². The minimum atomic E-state index is -0.00282. The molecule has 31 heavy (non-hydrogen) atoms. The average Bonchev–Trinajstić information content (AvgIpc) is 3.40. The monoisotopic (exact) mass is 437 g/mol. The van der Waals surface area contributed by atoms with Crippen molar-refractivity contribution >= 4 is 50.0 Å². The van der Waals surface area contributed by atoms with E-state index in [1.807, 2.05) is 13.1 Å². The van der Waals surface area contributed by atoms with Gasteiger partial charge < -0.3 is 15.0 Å². The summed E-state index contributed by atoms with van der Waals surface area (Å²) in [7, 11) is 3.50. The molecule has 0 saturated carbocycles. The Hall–Kier alpha value is -3.11. The van der Waals surface area contributed by atoms with Crippen LogP contribution in [-0.4, -0.2) is 63.3 Å². The first-order chi connectivity index (χ1) is 15.1. The number of anilines is 2. The van der Waals surface area contributed by atoms with Gasteiger partial charge in [0.05, 0.1) is 29.9 Å². The van der Waals surface area contributed by atoms with Gasteiger partial charge in [-0.1, -0.05) is 0 Å². The fourth-order valence-electron chi connectivity index (χ4n) is 4.10. The number of hydrogen-bond acceptors (Lipinski definition) is 8. The predicted octanol–water partition coefficient (Wildman–Crippen LogP) is 2.92. The van der Waals surface area contributed by atoms with Crippen molar-refractivity contribution in [2.24, 2.45) is 5.92 Å². The van der Waals surface area contributed by atoms with Gasteiger partial charge in [-0.15, -0.1) is 11.3 Å². The molecule has 10 heteroatoms. The molecule has 4 aromatic heterocycles. The van der Waals surface area contributed by atoms with Crippen LogP contribution in [0.5, 0.6) is 0 Å². The van der Waals surface area contributed by atoms with E-state index in [2.05, 4.69) is 30.5 Å². The SMILES string of the molecule is COCCN(C)C(=O)C1CCc2c(sc3ncnc(Nc4cc5cn[nH]c5cn4)c23)C1. The number of aryl methyl sites for hydroxylation is 1. The van der Waals surface area contributed by atoms with Crippen molar-refractivity contribution in [1.29, 1.82) is 0 Å². The van der Waals surface area contributed by atoms with E-state index in [1.54, 1.807) is 42.1 Å². The van der Waals surface area contributed by atoms with Gasteiger partial charge in [0, 0.05) is 36.9 Å². The van der Waals surface area contributed by atoms with E-state index >= 15 is 0 Å². The number of ether oxygens (including phenoxy) is 1. The minimum Gasteiger partial charge on any atom is -0.383 e. The number of carbonyl (C=O) groups excluding carboxylic acids is 1. The molecule has 1 amide bonds. The number of fused-ring (bicyclic) bond motifs is 4. The molecule has 0 spiro atoms. The number of hydrogen-bond donors (Lipinski definition) is 2. The van der Waals surface area contributed by atoms with Crippen molar-refractivity contribution in [3.8, 4) is 0 Å². The molecule has 1 atom stereocenters. The van der Waals surface area contributed by atoms with E-state index < -0.39 is 0 Å². The van der Waals surface area contributed by atoms with Gasteiger partial charge in [-0.3, -0.25) is 9.89 Å². The summed E-state index contributed by atoms with van der Waals surface area (Å²) in [5.41, 5.74) is 2.13. The van der Waals surface area contributed by atoms with Crippen molar-refractivity contribution < 1.29 is 9.53 Å². The zero-order valence-corrected chi connectivity index (χ0v) is 18.2. The molecule has 4 heterocycles. The van der Waals surface area contributed by atoms with E-state index in [-0.39, 0.29) is 11.8 Å². The number of H-pyrrole nitrogens is 1. The summed E-state index contributed by atoms with van der Waals surface area (Å²) in [6.45, 7) is 1.16. The van der Waals surface area contributed by atoms with Gasteiger partial charge in [-0.2, -0.15) is 5.10 Å². The maximum atomic E-state index is 12.8. The van der Waals surface area contributed by atoms with E-state index in [0.717, 1.165) is 46.2 Å². The van der Waals surface area contributed by atoms with Crippen LogP contribution in [-0.2, 0) is 22.4 Å². The smallest absolute Gasteiger partial charge is 0.225 e. The summed E-state index contributed by atoms with van der Waals surface area (Å²) in [4.78, 5) is 30.2. The highest BCUT2D eigenvalue weighted by molar-refractivity contribution is 7.19. The fourth-order valence-corrected chi connectivity index (χ4v) is 5.37. The van der Waals surface area contributed by atoms with Crippen molar-refractivity contribution in [2.45, 2.75) is 19.3 Å². The highest BCUT2D eigenvalue weighted by Crippen LogP contribution is 2.40. The molecule has 4 aromatic rings. The first kappa shape index (κ1) is 19.8. The Morgan fingerprint density at radius 2 is 2.26 bits per heavy atom. The molecule has 1 aliphatic carbocycles. The summed E-state index contributed by atoms with van der Waals surface area (Å²) < 4.78 is 5.10. The number of amides is 1. The lowest BCUT2D eigenvalue weighted by Crippen LogP contribution is -2.37. The lowest BCUT2D eigenvalue weighted by atomic mass is 9.87. The number of pyridine rings is 1. The van der Waals surface area contributed by atoms with E-state index in [0.29, 0.717) is 19.0 Å². The second-order valence-corrected chi connectivity index (χ2v) is 8.83. The molecule has 0 aromatic carbocycles. The molecule has 0 bridgehead atoms. The third-order valence-electron chi connectivity index (χ3n) is 5.77. The minimum absolute atomic E-state index is 0.00282. The second kappa shape index (κ2) is 8.20. The summed E-state index contributed by atoms with van der Waals surface area (Å²) in [6, 6.07) is 1.94. The molecule has 1 aliphatic rings. The average molecular weight is 438 g/mol. The highest BCUT2D eigenvalue weighted by atomic mass is 32.1. The Bertz CT molecular complexity index is 1250. The molecule has 9 nitrogen and oxygen atoms in total. The van der Waals surface area contributed by atoms with Crippen LogP contribution >= 0.6 is 11.3 Å². The lowest BCUT2D eigenvalue weighted by molar-refractivity contribution is -0.135. The summed E-state index contributed by atoms with van der Waals surface area (Å²) in [5.74, 6) is 1.64. The Balaban J connectivity index is 1.42. The lowest BCUT2D eigenvalue weighted by Gasteiger charge is -2.26. The van der Waals surface area contributed by atoms with Crippen LogP contribution in [0.4, 0.5) is 11.6 Å². The Kier molecular flexibility index (Phi) is 5.24. The zero-order chi connectivity index (χ0) is 21.4. The summed E-state index contributed by atoms with van der Waals surface area (Å²) in [6.07, 6.45) is 7.49. The van der Waals surface area contributed by atoms with E-state index in [1.165, 1.54) is 10.4 Å². The molecule has 0 radical (unpaired) electrons. The highest BCUT2D eigenvalue weighted by Gasteiger charge is 2.30. The number of nitrogens with zero attached hydrogens (tertiary/aromatic N) is 5. The molecule has 5 rings (SSSR count). The number of aromatic nitrogens is 5. The summed E-state index contributed by atoms with van der Waals surface area (Å²) in [5, 5.41) is 12.3. The normalized spacial score (nSPS) is 15.9. The quantitative estimate of drug-likeness (QED) is 0.477. The van der Waals surface area contributed by atoms with Gasteiger partial charge in [-0.25, -0.2) is 15.0 Å². The summed E-state index contributed by atoms with van der Waals surface area (Å²) >= 11 is 1.66. The second-order valence-electron chi connectivity index (χ2n) is 7.75. The number of nitrogens with one attached hydrogen (secondary N) is 2. The van der Waals surface area contributed by atoms with Gasteiger partial charge in [-0.05, 0) is 30.9 Å². The number of aromatic amines is 1. The third kappa shape index (κ3) is 3.72. The van der Waals surface area contributed by atoms with Crippen LogP contribution in [0, 0.1) is 5.92 Å². The largest absolute Gasteiger partial charge is 0.383 e. The molecular formula is C21H23N7O2S. The zero-order valence-electron chi connectivity index (χ0n) is 17.4. The van der Waals surface area contributed by atoms with Gasteiger partial charge in [0.15, 0.2) is 0 Å². The Morgan fingerprint density at radius 1 is 1.35 bits per heavy atom. The molecule has 1 unspecified atom stereocenters. The van der Waals surface area contributed by atoms with Crippen LogP contribution in [0.15, 0.2) is 24.8 Å². The number of rotatable bonds is 6. The van der Waals surface area contributed by atoms with Gasteiger partial charge in [0.1, 0.15) is 22.8 Å². The molecule has 160 valence electrons. The Morgan fingerprint density at radius 3 is 3.13 bits per heavy atom. The number of methoxy groups -OCH3 is 1. The molecule has 0 fully saturated rings. The van der Waals surface area contributed by atoms with Gasteiger partial charge in [0.2, 0.25) is 5.91 Å². The molecule has 0 aliphatic heterocycles. The van der Waals surface area contributed by atoms with Gasteiger partial charge >= 0.3 is 0 Å².